The second-order valence-corrected chi connectivity index (χ2v) is 7.70. The van der Waals surface area contributed by atoms with Gasteiger partial charge in [-0.05, 0) is 17.7 Å². The highest BCUT2D eigenvalue weighted by Crippen LogP contribution is 2.22. The highest BCUT2D eigenvalue weighted by molar-refractivity contribution is 7.93. The third-order valence-electron chi connectivity index (χ3n) is 2.13. The van der Waals surface area contributed by atoms with E-state index in [-0.39, 0.29) is 16.3 Å². The Kier molecular flexibility index (Phi) is 4.05. The van der Waals surface area contributed by atoms with Gasteiger partial charge < -0.3 is 0 Å². The van der Waals surface area contributed by atoms with Crippen molar-refractivity contribution in [2.45, 2.75) is 16.3 Å². The molecule has 6 nitrogen and oxygen atoms in total. The zero-order valence-electron chi connectivity index (χ0n) is 9.74. The Morgan fingerprint density at radius 3 is 2.06 bits per heavy atom. The number of hydrogen-bond donors (Lipinski definition) is 0. The summed E-state index contributed by atoms with van der Waals surface area (Å²) in [6, 6.07) is 3.81. The lowest BCUT2D eigenvalue weighted by atomic mass is 10.2. The van der Waals surface area contributed by atoms with Gasteiger partial charge in [0.1, 0.15) is 0 Å². The van der Waals surface area contributed by atoms with Gasteiger partial charge in [0.05, 0.1) is 16.3 Å². The second-order valence-electron chi connectivity index (χ2n) is 3.73. The van der Waals surface area contributed by atoms with Gasteiger partial charge in [-0.3, -0.25) is 0 Å². The van der Waals surface area contributed by atoms with Crippen molar-refractivity contribution in [3.05, 3.63) is 23.8 Å². The number of carbonyl (C=O) groups excluding carboxylic acids is 1. The molecule has 0 spiro atoms. The van der Waals surface area contributed by atoms with E-state index in [9.17, 15) is 21.6 Å². The van der Waals surface area contributed by atoms with Crippen molar-refractivity contribution in [1.29, 1.82) is 0 Å². The molecular formula is C10H11NO5S2. The van der Waals surface area contributed by atoms with Gasteiger partial charge in [-0.25, -0.2) is 26.6 Å². The molecule has 1 aromatic carbocycles. The summed E-state index contributed by atoms with van der Waals surface area (Å²) >= 11 is 0. The van der Waals surface area contributed by atoms with Crippen LogP contribution in [0, 0.1) is 0 Å². The Bertz CT molecular complexity index is 713. The molecule has 0 aliphatic heterocycles. The summed E-state index contributed by atoms with van der Waals surface area (Å²) in [7, 11) is -7.32. The highest BCUT2D eigenvalue weighted by atomic mass is 32.2. The Morgan fingerprint density at radius 2 is 1.61 bits per heavy atom. The molecule has 98 valence electrons. The van der Waals surface area contributed by atoms with Crippen molar-refractivity contribution < 1.29 is 21.6 Å². The summed E-state index contributed by atoms with van der Waals surface area (Å²) in [6.45, 7) is -0.0456. The van der Waals surface area contributed by atoms with E-state index in [1.807, 2.05) is 0 Å². The van der Waals surface area contributed by atoms with Crippen LogP contribution in [0.5, 0.6) is 0 Å². The van der Waals surface area contributed by atoms with E-state index in [0.29, 0.717) is 5.56 Å². The first-order valence-electron chi connectivity index (χ1n) is 4.73. The lowest BCUT2D eigenvalue weighted by molar-refractivity contribution is 0.562. The van der Waals surface area contributed by atoms with Gasteiger partial charge in [-0.1, -0.05) is 6.07 Å². The van der Waals surface area contributed by atoms with Gasteiger partial charge >= 0.3 is 0 Å². The number of aliphatic imine (C=N–C) groups is 1. The van der Waals surface area contributed by atoms with E-state index < -0.39 is 19.7 Å². The molecule has 1 rings (SSSR count). The number of hydrogen-bond acceptors (Lipinski definition) is 6. The molecule has 0 aromatic heterocycles. The third-order valence-corrected chi connectivity index (χ3v) is 4.55. The van der Waals surface area contributed by atoms with Crippen LogP contribution in [0.3, 0.4) is 0 Å². The van der Waals surface area contributed by atoms with E-state index >= 15 is 0 Å². The molecule has 0 aliphatic rings. The quantitative estimate of drug-likeness (QED) is 0.587. The first-order valence-corrected chi connectivity index (χ1v) is 8.51. The average molecular weight is 289 g/mol. The molecule has 1 aromatic rings. The maximum atomic E-state index is 11.6. The van der Waals surface area contributed by atoms with Gasteiger partial charge in [-0.15, -0.1) is 0 Å². The van der Waals surface area contributed by atoms with E-state index in [4.69, 9.17) is 0 Å². The van der Waals surface area contributed by atoms with Gasteiger partial charge in [0.25, 0.3) is 0 Å². The van der Waals surface area contributed by atoms with Crippen LogP contribution in [-0.2, 0) is 31.0 Å². The molecule has 0 fully saturated rings. The predicted molar refractivity (Wildman–Crippen MR) is 64.5 cm³/mol. The van der Waals surface area contributed by atoms with Gasteiger partial charge in [0, 0.05) is 12.5 Å². The Hall–Kier alpha value is -1.50. The predicted octanol–water partition coefficient (Wildman–Crippen LogP) is 0.329. The normalized spacial score (nSPS) is 11.9. The molecule has 0 unspecified atom stereocenters. The van der Waals surface area contributed by atoms with Crippen molar-refractivity contribution in [3.8, 4) is 0 Å². The molecule has 18 heavy (non-hydrogen) atoms. The maximum Gasteiger partial charge on any atom is 0.235 e. The lowest BCUT2D eigenvalue weighted by Gasteiger charge is -2.07. The minimum absolute atomic E-state index is 0.0456. The zero-order valence-corrected chi connectivity index (χ0v) is 11.4. The molecule has 0 heterocycles. The molecular weight excluding hydrogens is 278 g/mol. The van der Waals surface area contributed by atoms with Gasteiger partial charge in [-0.2, -0.15) is 0 Å². The van der Waals surface area contributed by atoms with Crippen LogP contribution in [0.2, 0.25) is 0 Å². The SMILES string of the molecule is CS(=O)(=O)c1ccc(CN=C=O)cc1S(C)(=O)=O. The smallest absolute Gasteiger partial charge is 0.224 e. The molecule has 8 heteroatoms. The van der Waals surface area contributed by atoms with E-state index in [2.05, 4.69) is 4.99 Å². The van der Waals surface area contributed by atoms with Crippen LogP contribution in [0.15, 0.2) is 33.0 Å². The van der Waals surface area contributed by atoms with E-state index in [1.165, 1.54) is 24.3 Å². The van der Waals surface area contributed by atoms with Crippen LogP contribution < -0.4 is 0 Å². The fourth-order valence-corrected chi connectivity index (χ4v) is 3.82. The summed E-state index contributed by atoms with van der Waals surface area (Å²) in [6.07, 6.45) is 3.18. The Labute approximate surface area is 105 Å². The molecule has 0 radical (unpaired) electrons. The van der Waals surface area contributed by atoms with Crippen LogP contribution in [0.4, 0.5) is 0 Å². The van der Waals surface area contributed by atoms with Crippen molar-refractivity contribution in [3.63, 3.8) is 0 Å². The minimum atomic E-state index is -3.68. The topological polar surface area (TPSA) is 97.7 Å². The maximum absolute atomic E-state index is 11.6. The Balaban J connectivity index is 3.54. The van der Waals surface area contributed by atoms with Crippen molar-refractivity contribution in [2.75, 3.05) is 12.5 Å². The summed E-state index contributed by atoms with van der Waals surface area (Å²) in [4.78, 5) is 12.7. The third kappa shape index (κ3) is 3.49. The first kappa shape index (κ1) is 14.6. The van der Waals surface area contributed by atoms with Crippen molar-refractivity contribution >= 4 is 25.8 Å². The van der Waals surface area contributed by atoms with Crippen LogP contribution in [0.25, 0.3) is 0 Å². The molecule has 0 saturated heterocycles. The number of isocyanates is 1. The zero-order chi connectivity index (χ0) is 14.0. The molecule has 0 atom stereocenters. The van der Waals surface area contributed by atoms with Crippen molar-refractivity contribution in [2.24, 2.45) is 4.99 Å². The van der Waals surface area contributed by atoms with E-state index in [0.717, 1.165) is 12.5 Å². The highest BCUT2D eigenvalue weighted by Gasteiger charge is 2.20. The summed E-state index contributed by atoms with van der Waals surface area (Å²) < 4.78 is 46.1. The number of benzene rings is 1. The van der Waals surface area contributed by atoms with Crippen LogP contribution in [0.1, 0.15) is 5.56 Å². The summed E-state index contributed by atoms with van der Waals surface area (Å²) in [5.41, 5.74) is 0.422. The molecule has 0 N–H and O–H groups in total. The molecule has 0 saturated carbocycles. The second kappa shape index (κ2) is 5.01. The monoisotopic (exact) mass is 289 g/mol. The van der Waals surface area contributed by atoms with Crippen LogP contribution >= 0.6 is 0 Å². The molecule has 0 aliphatic carbocycles. The minimum Gasteiger partial charge on any atom is -0.224 e. The fraction of sp³-hybridized carbons (Fsp3) is 0.300. The summed E-state index contributed by atoms with van der Waals surface area (Å²) in [5.74, 6) is 0. The molecule has 0 bridgehead atoms. The largest absolute Gasteiger partial charge is 0.235 e. The molecule has 0 amide bonds. The first-order chi connectivity index (χ1) is 8.16. The summed E-state index contributed by atoms with van der Waals surface area (Å²) in [5, 5.41) is 0. The van der Waals surface area contributed by atoms with Gasteiger partial charge in [0.2, 0.25) is 6.08 Å². The van der Waals surface area contributed by atoms with E-state index in [1.54, 1.807) is 0 Å². The van der Waals surface area contributed by atoms with Crippen LogP contribution in [-0.4, -0.2) is 35.4 Å². The van der Waals surface area contributed by atoms with Crippen molar-refractivity contribution in [1.82, 2.24) is 0 Å². The fourth-order valence-electron chi connectivity index (χ4n) is 1.37. The Morgan fingerprint density at radius 1 is 1.06 bits per heavy atom. The standard InChI is InChI=1S/C10H11NO5S2/c1-17(13,14)9-4-3-8(6-11-7-12)5-10(9)18(2,15)16/h3-5H,6H2,1-2H3. The van der Waals surface area contributed by atoms with Gasteiger partial charge in [0.15, 0.2) is 19.7 Å². The number of sulfone groups is 2. The number of nitrogens with zero attached hydrogens (tertiary/aromatic N) is 1. The number of rotatable bonds is 4. The average Bonchev–Trinajstić information content (AvgIpc) is 2.23. The lowest BCUT2D eigenvalue weighted by Crippen LogP contribution is -2.08.